The van der Waals surface area contributed by atoms with Gasteiger partial charge in [0.15, 0.2) is 0 Å². The van der Waals surface area contributed by atoms with E-state index in [1.165, 1.54) is 16.4 Å². The number of sulfonamides is 1. The predicted octanol–water partition coefficient (Wildman–Crippen LogP) is 2.33. The quantitative estimate of drug-likeness (QED) is 0.903. The van der Waals surface area contributed by atoms with Gasteiger partial charge in [-0.05, 0) is 37.8 Å². The van der Waals surface area contributed by atoms with Gasteiger partial charge >= 0.3 is 6.36 Å². The third kappa shape index (κ3) is 4.36. The van der Waals surface area contributed by atoms with Gasteiger partial charge in [-0.15, -0.1) is 13.2 Å². The van der Waals surface area contributed by atoms with E-state index in [0.29, 0.717) is 6.42 Å². The molecule has 1 aliphatic rings. The lowest BCUT2D eigenvalue weighted by atomic mass is 9.93. The summed E-state index contributed by atoms with van der Waals surface area (Å²) in [5.74, 6) is -0.739. The van der Waals surface area contributed by atoms with Gasteiger partial charge in [0.1, 0.15) is 10.6 Å². The lowest BCUT2D eigenvalue weighted by Gasteiger charge is -2.34. The third-order valence-corrected chi connectivity index (χ3v) is 5.76. The summed E-state index contributed by atoms with van der Waals surface area (Å²) in [7, 11) is -4.08. The van der Waals surface area contributed by atoms with Crippen LogP contribution in [-0.4, -0.2) is 38.2 Å². The summed E-state index contributed by atoms with van der Waals surface area (Å²) in [5, 5.41) is 0. The second-order valence-corrected chi connectivity index (χ2v) is 7.53. The molecule has 1 aromatic rings. The molecule has 2 N–H and O–H groups in total. The van der Waals surface area contributed by atoms with Gasteiger partial charge in [0.25, 0.3) is 0 Å². The predicted molar refractivity (Wildman–Crippen MR) is 78.3 cm³/mol. The van der Waals surface area contributed by atoms with Crippen LogP contribution in [0.3, 0.4) is 0 Å². The number of nitrogens with two attached hydrogens (primary N) is 1. The van der Waals surface area contributed by atoms with Crippen LogP contribution >= 0.6 is 0 Å². The van der Waals surface area contributed by atoms with Crippen LogP contribution in [0.15, 0.2) is 29.2 Å². The van der Waals surface area contributed by atoms with Crippen LogP contribution in [0.25, 0.3) is 0 Å². The van der Waals surface area contributed by atoms with Gasteiger partial charge in [-0.25, -0.2) is 8.42 Å². The molecule has 9 heteroatoms. The number of piperidine rings is 1. The summed E-state index contributed by atoms with van der Waals surface area (Å²) in [4.78, 5) is -0.484. The van der Waals surface area contributed by atoms with Gasteiger partial charge in [-0.2, -0.15) is 4.31 Å². The number of hydrogen-bond acceptors (Lipinski definition) is 4. The first-order valence-electron chi connectivity index (χ1n) is 7.22. The molecule has 1 fully saturated rings. The molecule has 0 unspecified atom stereocenters. The fraction of sp³-hybridized carbons (Fsp3) is 0.571. The van der Waals surface area contributed by atoms with Crippen molar-refractivity contribution in [2.45, 2.75) is 37.1 Å². The molecule has 0 spiro atoms. The lowest BCUT2D eigenvalue weighted by molar-refractivity contribution is -0.275. The highest BCUT2D eigenvalue weighted by Crippen LogP contribution is 2.33. The summed E-state index contributed by atoms with van der Waals surface area (Å²) >= 11 is 0. The maximum Gasteiger partial charge on any atom is 0.573 e. The summed E-state index contributed by atoms with van der Waals surface area (Å²) < 4.78 is 67.9. The number of alkyl halides is 3. The molecule has 0 aliphatic carbocycles. The fourth-order valence-electron chi connectivity index (χ4n) is 2.63. The van der Waals surface area contributed by atoms with Crippen LogP contribution in [-0.2, 0) is 10.0 Å². The van der Waals surface area contributed by atoms with E-state index in [0.717, 1.165) is 18.6 Å². The molecule has 2 rings (SSSR count). The normalized spacial score (nSPS) is 21.9. The van der Waals surface area contributed by atoms with E-state index in [2.05, 4.69) is 4.74 Å². The fourth-order valence-corrected chi connectivity index (χ4v) is 4.28. The highest BCUT2D eigenvalue weighted by Gasteiger charge is 2.37. The summed E-state index contributed by atoms with van der Waals surface area (Å²) in [6.45, 7) is 2.24. The Labute approximate surface area is 133 Å². The Kier molecular flexibility index (Phi) is 5.22. The number of benzene rings is 1. The Balaban J connectivity index is 2.33. The highest BCUT2D eigenvalue weighted by atomic mass is 32.2. The Morgan fingerprint density at radius 1 is 1.35 bits per heavy atom. The number of nitrogens with zero attached hydrogens (tertiary/aromatic N) is 1. The molecule has 1 aliphatic heterocycles. The maximum atomic E-state index is 12.7. The van der Waals surface area contributed by atoms with Crippen LogP contribution in [0, 0.1) is 5.92 Å². The molecule has 5 nitrogen and oxygen atoms in total. The average Bonchev–Trinajstić information content (AvgIpc) is 2.46. The molecule has 130 valence electrons. The molecule has 0 radical (unpaired) electrons. The maximum absolute atomic E-state index is 12.7. The van der Waals surface area contributed by atoms with Crippen LogP contribution < -0.4 is 10.5 Å². The molecule has 1 saturated heterocycles. The van der Waals surface area contributed by atoms with Gasteiger partial charge in [0, 0.05) is 19.1 Å². The molecule has 2 atom stereocenters. The molecular formula is C14H19F3N2O3S. The zero-order valence-electron chi connectivity index (χ0n) is 12.6. The number of ether oxygens (including phenoxy) is 1. The van der Waals surface area contributed by atoms with Crippen LogP contribution in [0.2, 0.25) is 0 Å². The minimum absolute atomic E-state index is 0.0192. The standard InChI is InChI=1S/C14H19F3N2O3S/c1-10(18)11-5-4-8-19(9-11)23(20,21)13-7-3-2-6-12(13)22-14(15,16)17/h2-3,6-7,10-11H,4-5,8-9,18H2,1H3/t10-,11+/m1/s1. The van der Waals surface area contributed by atoms with Crippen molar-refractivity contribution in [3.05, 3.63) is 24.3 Å². The average molecular weight is 352 g/mol. The van der Waals surface area contributed by atoms with E-state index in [1.807, 2.05) is 0 Å². The van der Waals surface area contributed by atoms with Crippen molar-refractivity contribution in [2.24, 2.45) is 11.7 Å². The van der Waals surface area contributed by atoms with Crippen molar-refractivity contribution in [3.63, 3.8) is 0 Å². The number of hydrogen-bond donors (Lipinski definition) is 1. The third-order valence-electron chi connectivity index (χ3n) is 3.86. The first-order valence-corrected chi connectivity index (χ1v) is 8.66. The molecule has 0 aromatic heterocycles. The summed E-state index contributed by atoms with van der Waals surface area (Å²) in [6.07, 6.45) is -3.54. The monoisotopic (exact) mass is 352 g/mol. The molecule has 0 saturated carbocycles. The molecule has 23 heavy (non-hydrogen) atoms. The molecule has 1 aromatic carbocycles. The first kappa shape index (κ1) is 18.0. The van der Waals surface area contributed by atoms with E-state index < -0.39 is 27.0 Å². The Hall–Kier alpha value is -1.32. The van der Waals surface area contributed by atoms with Crippen molar-refractivity contribution in [1.29, 1.82) is 0 Å². The van der Waals surface area contributed by atoms with Gasteiger partial charge in [0.2, 0.25) is 10.0 Å². The van der Waals surface area contributed by atoms with Gasteiger partial charge in [-0.1, -0.05) is 12.1 Å². The van der Waals surface area contributed by atoms with Crippen molar-refractivity contribution in [3.8, 4) is 5.75 Å². The molecule has 1 heterocycles. The highest BCUT2D eigenvalue weighted by molar-refractivity contribution is 7.89. The van der Waals surface area contributed by atoms with Crippen LogP contribution in [0.1, 0.15) is 19.8 Å². The van der Waals surface area contributed by atoms with E-state index in [1.54, 1.807) is 6.92 Å². The molecule has 0 amide bonds. The number of halogens is 3. The summed E-state index contributed by atoms with van der Waals surface area (Å²) in [5.41, 5.74) is 5.83. The van der Waals surface area contributed by atoms with Crippen molar-refractivity contribution >= 4 is 10.0 Å². The lowest BCUT2D eigenvalue weighted by Crippen LogP contribution is -2.45. The van der Waals surface area contributed by atoms with E-state index >= 15 is 0 Å². The Morgan fingerprint density at radius 3 is 2.61 bits per heavy atom. The van der Waals surface area contributed by atoms with Gasteiger partial charge in [-0.3, -0.25) is 0 Å². The second kappa shape index (κ2) is 6.66. The van der Waals surface area contributed by atoms with E-state index in [9.17, 15) is 21.6 Å². The Morgan fingerprint density at radius 2 is 2.00 bits per heavy atom. The Bertz CT molecular complexity index is 647. The smallest absolute Gasteiger partial charge is 0.404 e. The van der Waals surface area contributed by atoms with Crippen LogP contribution in [0.5, 0.6) is 5.75 Å². The zero-order valence-corrected chi connectivity index (χ0v) is 13.4. The van der Waals surface area contributed by atoms with E-state index in [-0.39, 0.29) is 25.0 Å². The van der Waals surface area contributed by atoms with Crippen molar-refractivity contribution in [1.82, 2.24) is 4.31 Å². The minimum atomic E-state index is -4.96. The van der Waals surface area contributed by atoms with Crippen molar-refractivity contribution in [2.75, 3.05) is 13.1 Å². The van der Waals surface area contributed by atoms with Crippen molar-refractivity contribution < 1.29 is 26.3 Å². The zero-order chi connectivity index (χ0) is 17.3. The summed E-state index contributed by atoms with van der Waals surface area (Å²) in [6, 6.07) is 4.58. The SMILES string of the molecule is C[C@@H](N)[C@H]1CCCN(S(=O)(=O)c2ccccc2OC(F)(F)F)C1. The second-order valence-electron chi connectivity index (χ2n) is 5.62. The van der Waals surface area contributed by atoms with Crippen LogP contribution in [0.4, 0.5) is 13.2 Å². The largest absolute Gasteiger partial charge is 0.573 e. The number of rotatable bonds is 4. The topological polar surface area (TPSA) is 72.6 Å². The number of para-hydroxylation sites is 1. The molecule has 0 bridgehead atoms. The van der Waals surface area contributed by atoms with Gasteiger partial charge in [0.05, 0.1) is 0 Å². The first-order chi connectivity index (χ1) is 10.6. The minimum Gasteiger partial charge on any atom is -0.404 e. The van der Waals surface area contributed by atoms with E-state index in [4.69, 9.17) is 5.73 Å². The van der Waals surface area contributed by atoms with Gasteiger partial charge < -0.3 is 10.5 Å². The molecular weight excluding hydrogens is 333 g/mol.